The Morgan fingerprint density at radius 1 is 1.07 bits per heavy atom. The summed E-state index contributed by atoms with van der Waals surface area (Å²) in [5.74, 6) is 0.974. The molecule has 2 heterocycles. The van der Waals surface area contributed by atoms with Crippen LogP contribution >= 0.6 is 0 Å². The van der Waals surface area contributed by atoms with Crippen LogP contribution in [0.5, 0.6) is 0 Å². The number of anilines is 1. The molecule has 0 saturated carbocycles. The third-order valence-corrected chi connectivity index (χ3v) is 5.71. The van der Waals surface area contributed by atoms with Gasteiger partial charge < -0.3 is 4.90 Å². The summed E-state index contributed by atoms with van der Waals surface area (Å²) in [6, 6.07) is 19.2. The Labute approximate surface area is 172 Å². The fourth-order valence-electron chi connectivity index (χ4n) is 4.03. The Kier molecular flexibility index (Phi) is 5.83. The zero-order valence-corrected chi connectivity index (χ0v) is 16.7. The van der Waals surface area contributed by atoms with E-state index in [-0.39, 0.29) is 0 Å². The van der Waals surface area contributed by atoms with Crippen molar-refractivity contribution in [3.05, 3.63) is 78.2 Å². The summed E-state index contributed by atoms with van der Waals surface area (Å²) >= 11 is 0. The lowest BCUT2D eigenvalue weighted by atomic mass is 9.99. The van der Waals surface area contributed by atoms with Crippen molar-refractivity contribution in [2.24, 2.45) is 0 Å². The lowest BCUT2D eigenvalue weighted by Crippen LogP contribution is -2.43. The predicted molar refractivity (Wildman–Crippen MR) is 115 cm³/mol. The second kappa shape index (κ2) is 8.85. The molecule has 1 aliphatic heterocycles. The first-order chi connectivity index (χ1) is 14.2. The first kappa shape index (κ1) is 19.1. The molecule has 0 bridgehead atoms. The van der Waals surface area contributed by atoms with Crippen LogP contribution in [0.1, 0.15) is 24.0 Å². The molecule has 5 nitrogen and oxygen atoms in total. The van der Waals surface area contributed by atoms with Crippen LogP contribution < -0.4 is 4.90 Å². The molecular formula is C24H25N5. The summed E-state index contributed by atoms with van der Waals surface area (Å²) in [5.41, 5.74) is 4.09. The Morgan fingerprint density at radius 3 is 2.52 bits per heavy atom. The highest BCUT2D eigenvalue weighted by atomic mass is 15.2. The van der Waals surface area contributed by atoms with Gasteiger partial charge in [-0.2, -0.15) is 5.26 Å². The molecule has 4 rings (SSSR count). The van der Waals surface area contributed by atoms with Gasteiger partial charge in [-0.3, -0.25) is 9.88 Å². The molecule has 29 heavy (non-hydrogen) atoms. The Hall–Kier alpha value is -3.23. The number of benzene rings is 2. The minimum atomic E-state index is 0.571. The molecule has 5 heteroatoms. The molecule has 2 aromatic carbocycles. The highest BCUT2D eigenvalue weighted by Crippen LogP contribution is 2.25. The van der Waals surface area contributed by atoms with Crippen molar-refractivity contribution in [2.45, 2.75) is 25.4 Å². The largest absolute Gasteiger partial charge is 0.355 e. The highest BCUT2D eigenvalue weighted by Gasteiger charge is 2.23. The number of piperidine rings is 1. The van der Waals surface area contributed by atoms with Gasteiger partial charge in [-0.1, -0.05) is 42.5 Å². The SMILES string of the molecule is CN(Cc1ccc(-c2ccccc2C#N)cc1)C1CCN(c2cnccn2)CC1. The lowest BCUT2D eigenvalue weighted by molar-refractivity contribution is 0.200. The van der Waals surface area contributed by atoms with E-state index in [0.717, 1.165) is 49.4 Å². The normalized spacial score (nSPS) is 14.7. The minimum absolute atomic E-state index is 0.571. The second-order valence-electron chi connectivity index (χ2n) is 7.55. The van der Waals surface area contributed by atoms with E-state index in [9.17, 15) is 5.26 Å². The van der Waals surface area contributed by atoms with E-state index >= 15 is 0 Å². The number of nitrogens with zero attached hydrogens (tertiary/aromatic N) is 5. The van der Waals surface area contributed by atoms with Gasteiger partial charge in [0.25, 0.3) is 0 Å². The number of hydrogen-bond donors (Lipinski definition) is 0. The van der Waals surface area contributed by atoms with Crippen LogP contribution in [-0.2, 0) is 6.54 Å². The molecule has 1 aromatic heterocycles. The van der Waals surface area contributed by atoms with Gasteiger partial charge in [0, 0.05) is 38.1 Å². The molecule has 1 saturated heterocycles. The van der Waals surface area contributed by atoms with Crippen LogP contribution in [0.4, 0.5) is 5.82 Å². The van der Waals surface area contributed by atoms with E-state index in [1.165, 1.54) is 5.56 Å². The minimum Gasteiger partial charge on any atom is -0.355 e. The average Bonchev–Trinajstić information content (AvgIpc) is 2.80. The van der Waals surface area contributed by atoms with Gasteiger partial charge in [0.1, 0.15) is 5.82 Å². The molecule has 0 radical (unpaired) electrons. The smallest absolute Gasteiger partial charge is 0.147 e. The highest BCUT2D eigenvalue weighted by molar-refractivity contribution is 5.70. The number of hydrogen-bond acceptors (Lipinski definition) is 5. The molecule has 0 unspecified atom stereocenters. The van der Waals surface area contributed by atoms with Crippen molar-refractivity contribution >= 4 is 5.82 Å². The molecule has 0 spiro atoms. The van der Waals surface area contributed by atoms with E-state index in [0.29, 0.717) is 11.6 Å². The first-order valence-corrected chi connectivity index (χ1v) is 10.0. The predicted octanol–water partition coefficient (Wildman–Crippen LogP) is 4.12. The van der Waals surface area contributed by atoms with Gasteiger partial charge in [0.15, 0.2) is 0 Å². The molecular weight excluding hydrogens is 358 g/mol. The van der Waals surface area contributed by atoms with Gasteiger partial charge in [-0.05, 0) is 42.6 Å². The van der Waals surface area contributed by atoms with Gasteiger partial charge in [0.05, 0.1) is 17.8 Å². The Morgan fingerprint density at radius 2 is 1.83 bits per heavy atom. The van der Waals surface area contributed by atoms with Gasteiger partial charge in [0.2, 0.25) is 0 Å². The van der Waals surface area contributed by atoms with Crippen LogP contribution in [0.3, 0.4) is 0 Å². The summed E-state index contributed by atoms with van der Waals surface area (Å²) in [6.07, 6.45) is 7.57. The maximum absolute atomic E-state index is 9.32. The summed E-state index contributed by atoms with van der Waals surface area (Å²) in [6.45, 7) is 2.95. The monoisotopic (exact) mass is 383 g/mol. The van der Waals surface area contributed by atoms with Gasteiger partial charge in [-0.15, -0.1) is 0 Å². The quantitative estimate of drug-likeness (QED) is 0.663. The molecule has 0 N–H and O–H groups in total. The summed E-state index contributed by atoms with van der Waals surface area (Å²) in [7, 11) is 2.21. The second-order valence-corrected chi connectivity index (χ2v) is 7.55. The Balaban J connectivity index is 1.36. The molecule has 0 amide bonds. The number of aromatic nitrogens is 2. The van der Waals surface area contributed by atoms with E-state index in [1.807, 2.05) is 30.5 Å². The topological polar surface area (TPSA) is 56.1 Å². The molecule has 0 aliphatic carbocycles. The fraction of sp³-hybridized carbons (Fsp3) is 0.292. The summed E-state index contributed by atoms with van der Waals surface area (Å²) in [5, 5.41) is 9.32. The Bertz CT molecular complexity index is 970. The number of rotatable bonds is 5. The first-order valence-electron chi connectivity index (χ1n) is 10.0. The zero-order valence-electron chi connectivity index (χ0n) is 16.7. The molecule has 1 fully saturated rings. The standard InChI is InChI=1S/C24H25N5/c1-28(22-10-14-29(15-11-22)24-17-26-12-13-27-24)18-19-6-8-20(9-7-19)23-5-3-2-4-21(23)16-25/h2-9,12-13,17,22H,10-11,14-15,18H2,1H3. The van der Waals surface area contributed by atoms with E-state index in [2.05, 4.69) is 57.2 Å². The zero-order chi connectivity index (χ0) is 20.1. The van der Waals surface area contributed by atoms with Crippen molar-refractivity contribution < 1.29 is 0 Å². The molecule has 146 valence electrons. The van der Waals surface area contributed by atoms with E-state index in [1.54, 1.807) is 12.4 Å². The summed E-state index contributed by atoms with van der Waals surface area (Å²) < 4.78 is 0. The van der Waals surface area contributed by atoms with Crippen LogP contribution in [0.2, 0.25) is 0 Å². The number of nitriles is 1. The van der Waals surface area contributed by atoms with E-state index in [4.69, 9.17) is 0 Å². The van der Waals surface area contributed by atoms with Crippen molar-refractivity contribution in [3.8, 4) is 17.2 Å². The maximum atomic E-state index is 9.32. The van der Waals surface area contributed by atoms with Gasteiger partial charge in [-0.25, -0.2) is 4.98 Å². The van der Waals surface area contributed by atoms with Crippen molar-refractivity contribution in [1.82, 2.24) is 14.9 Å². The fourth-order valence-corrected chi connectivity index (χ4v) is 4.03. The lowest BCUT2D eigenvalue weighted by Gasteiger charge is -2.37. The van der Waals surface area contributed by atoms with Crippen molar-refractivity contribution in [3.63, 3.8) is 0 Å². The third kappa shape index (κ3) is 4.44. The third-order valence-electron chi connectivity index (χ3n) is 5.71. The van der Waals surface area contributed by atoms with Crippen LogP contribution in [-0.4, -0.2) is 41.0 Å². The molecule has 3 aromatic rings. The van der Waals surface area contributed by atoms with Gasteiger partial charge >= 0.3 is 0 Å². The summed E-state index contributed by atoms with van der Waals surface area (Å²) in [4.78, 5) is 13.4. The van der Waals surface area contributed by atoms with Crippen LogP contribution in [0.25, 0.3) is 11.1 Å². The molecule has 1 aliphatic rings. The van der Waals surface area contributed by atoms with Crippen LogP contribution in [0.15, 0.2) is 67.1 Å². The molecule has 0 atom stereocenters. The van der Waals surface area contributed by atoms with Crippen molar-refractivity contribution in [2.75, 3.05) is 25.0 Å². The average molecular weight is 383 g/mol. The maximum Gasteiger partial charge on any atom is 0.147 e. The van der Waals surface area contributed by atoms with E-state index < -0.39 is 0 Å². The van der Waals surface area contributed by atoms with Crippen LogP contribution in [0, 0.1) is 11.3 Å². The van der Waals surface area contributed by atoms with Crippen molar-refractivity contribution in [1.29, 1.82) is 5.26 Å².